The van der Waals surface area contributed by atoms with Crippen molar-refractivity contribution in [3.63, 3.8) is 0 Å². The monoisotopic (exact) mass is 511 g/mol. The third-order valence-electron chi connectivity index (χ3n) is 6.29. The minimum atomic E-state index is -0.912. The van der Waals surface area contributed by atoms with E-state index in [1.165, 1.54) is 4.68 Å². The Labute approximate surface area is 220 Å². The number of hydrogen-bond donors (Lipinski definition) is 3. The van der Waals surface area contributed by atoms with Crippen LogP contribution in [0.15, 0.2) is 89.7 Å². The number of rotatable bonds is 8. The summed E-state index contributed by atoms with van der Waals surface area (Å²) in [4.78, 5) is 52.1. The van der Waals surface area contributed by atoms with Crippen LogP contribution in [0.2, 0.25) is 0 Å². The summed E-state index contributed by atoms with van der Waals surface area (Å²) >= 11 is 0. The molecule has 9 heteroatoms. The molecule has 38 heavy (non-hydrogen) atoms. The second-order valence-corrected chi connectivity index (χ2v) is 8.73. The molecule has 3 aromatic carbocycles. The minimum absolute atomic E-state index is 0.143. The standard InChI is InChI=1S/C29H29N5O4/c1-4-23(28(37)32-25-19(2)33(3)34(29(25)38)21-15-9-6-10-16-21)30-27(36)22-17-11-12-18-24(22)31-26(35)20-13-7-5-8-14-20/h5-18,23H,4H2,1-3H3,(H,30,36)(H,31,35)(H,32,37). The zero-order valence-electron chi connectivity index (χ0n) is 21.4. The molecule has 9 nitrogen and oxygen atoms in total. The van der Waals surface area contributed by atoms with Gasteiger partial charge in [0.1, 0.15) is 11.7 Å². The lowest BCUT2D eigenvalue weighted by atomic mass is 10.1. The van der Waals surface area contributed by atoms with Crippen LogP contribution in [0.5, 0.6) is 0 Å². The van der Waals surface area contributed by atoms with Crippen LogP contribution >= 0.6 is 0 Å². The first-order valence-corrected chi connectivity index (χ1v) is 12.2. The fourth-order valence-electron chi connectivity index (χ4n) is 4.09. The van der Waals surface area contributed by atoms with Gasteiger partial charge in [-0.25, -0.2) is 4.68 Å². The Hall–Kier alpha value is -4.92. The second-order valence-electron chi connectivity index (χ2n) is 8.73. The molecule has 0 spiro atoms. The first-order valence-electron chi connectivity index (χ1n) is 12.2. The number of carbonyl (C=O) groups is 3. The van der Waals surface area contributed by atoms with E-state index in [0.29, 0.717) is 22.6 Å². The van der Waals surface area contributed by atoms with E-state index in [1.807, 2.05) is 24.3 Å². The van der Waals surface area contributed by atoms with Crippen molar-refractivity contribution < 1.29 is 14.4 Å². The number of nitrogens with one attached hydrogen (secondary N) is 3. The molecule has 1 heterocycles. The van der Waals surface area contributed by atoms with Gasteiger partial charge in [0.25, 0.3) is 17.4 Å². The van der Waals surface area contributed by atoms with Crippen LogP contribution in [-0.4, -0.2) is 33.1 Å². The number of hydrogen-bond acceptors (Lipinski definition) is 4. The van der Waals surface area contributed by atoms with Gasteiger partial charge < -0.3 is 16.0 Å². The van der Waals surface area contributed by atoms with Gasteiger partial charge in [0.15, 0.2) is 0 Å². The number of aromatic nitrogens is 2. The quantitative estimate of drug-likeness (QED) is 0.333. The summed E-state index contributed by atoms with van der Waals surface area (Å²) < 4.78 is 3.13. The van der Waals surface area contributed by atoms with Gasteiger partial charge in [-0.1, -0.05) is 55.5 Å². The zero-order chi connectivity index (χ0) is 27.2. The lowest BCUT2D eigenvalue weighted by molar-refractivity contribution is -0.118. The van der Waals surface area contributed by atoms with E-state index in [-0.39, 0.29) is 29.1 Å². The van der Waals surface area contributed by atoms with Crippen LogP contribution in [-0.2, 0) is 11.8 Å². The van der Waals surface area contributed by atoms with E-state index < -0.39 is 17.9 Å². The van der Waals surface area contributed by atoms with Crippen molar-refractivity contribution in [2.24, 2.45) is 7.05 Å². The molecule has 0 aliphatic rings. The van der Waals surface area contributed by atoms with Gasteiger partial charge in [-0.3, -0.25) is 23.9 Å². The fraction of sp³-hybridized carbons (Fsp3) is 0.172. The lowest BCUT2D eigenvalue weighted by Crippen LogP contribution is -2.44. The smallest absolute Gasteiger partial charge is 0.295 e. The average Bonchev–Trinajstić information content (AvgIpc) is 3.15. The topological polar surface area (TPSA) is 114 Å². The third kappa shape index (κ3) is 5.41. The summed E-state index contributed by atoms with van der Waals surface area (Å²) in [5.74, 6) is -1.40. The zero-order valence-corrected chi connectivity index (χ0v) is 21.4. The van der Waals surface area contributed by atoms with Gasteiger partial charge in [-0.15, -0.1) is 0 Å². The molecule has 0 aliphatic carbocycles. The Balaban J connectivity index is 1.52. The van der Waals surface area contributed by atoms with Crippen LogP contribution in [0.1, 0.15) is 39.8 Å². The highest BCUT2D eigenvalue weighted by Gasteiger charge is 2.25. The molecular formula is C29H29N5O4. The summed E-state index contributed by atoms with van der Waals surface area (Å²) in [6, 6.07) is 23.4. The normalized spacial score (nSPS) is 11.4. The summed E-state index contributed by atoms with van der Waals surface area (Å²) in [7, 11) is 1.74. The van der Waals surface area contributed by atoms with E-state index in [9.17, 15) is 19.2 Å². The van der Waals surface area contributed by atoms with E-state index in [4.69, 9.17) is 0 Å². The first kappa shape index (κ1) is 26.2. The number of nitrogens with zero attached hydrogens (tertiary/aromatic N) is 2. The molecule has 4 aromatic rings. The fourth-order valence-corrected chi connectivity index (χ4v) is 4.09. The molecule has 0 saturated carbocycles. The molecule has 0 saturated heterocycles. The van der Waals surface area contributed by atoms with Gasteiger partial charge >= 0.3 is 0 Å². The van der Waals surface area contributed by atoms with Gasteiger partial charge in [-0.05, 0) is 49.7 Å². The predicted octanol–water partition coefficient (Wildman–Crippen LogP) is 3.88. The maximum atomic E-state index is 13.2. The Bertz CT molecular complexity index is 1520. The Morgan fingerprint density at radius 1 is 0.816 bits per heavy atom. The Kier molecular flexibility index (Phi) is 7.86. The molecule has 194 valence electrons. The molecule has 1 atom stereocenters. The summed E-state index contributed by atoms with van der Waals surface area (Å²) in [5, 5.41) is 8.20. The SMILES string of the molecule is CCC(NC(=O)c1ccccc1NC(=O)c1ccccc1)C(=O)Nc1c(C)n(C)n(-c2ccccc2)c1=O. The van der Waals surface area contributed by atoms with Gasteiger partial charge in [0.2, 0.25) is 5.91 Å². The highest BCUT2D eigenvalue weighted by molar-refractivity contribution is 6.10. The Morgan fingerprint density at radius 2 is 1.42 bits per heavy atom. The van der Waals surface area contributed by atoms with Crippen molar-refractivity contribution in [3.05, 3.63) is 112 Å². The van der Waals surface area contributed by atoms with Crippen molar-refractivity contribution in [1.82, 2.24) is 14.7 Å². The van der Waals surface area contributed by atoms with Crippen molar-refractivity contribution in [2.75, 3.05) is 10.6 Å². The molecule has 0 fully saturated rings. The van der Waals surface area contributed by atoms with Gasteiger partial charge in [-0.2, -0.15) is 0 Å². The number of benzene rings is 3. The van der Waals surface area contributed by atoms with Gasteiger partial charge in [0.05, 0.1) is 22.6 Å². The van der Waals surface area contributed by atoms with Crippen LogP contribution in [0.4, 0.5) is 11.4 Å². The first-order chi connectivity index (χ1) is 18.3. The Morgan fingerprint density at radius 3 is 2.08 bits per heavy atom. The molecule has 1 unspecified atom stereocenters. The molecule has 4 rings (SSSR count). The van der Waals surface area contributed by atoms with E-state index in [0.717, 1.165) is 0 Å². The number of carbonyl (C=O) groups excluding carboxylic acids is 3. The number of anilines is 2. The number of amides is 3. The predicted molar refractivity (Wildman–Crippen MR) is 147 cm³/mol. The van der Waals surface area contributed by atoms with Crippen molar-refractivity contribution >= 4 is 29.1 Å². The summed E-state index contributed by atoms with van der Waals surface area (Å²) in [5.41, 5.74) is 1.99. The summed E-state index contributed by atoms with van der Waals surface area (Å²) in [6.45, 7) is 3.50. The molecule has 0 aliphatic heterocycles. The minimum Gasteiger partial charge on any atom is -0.340 e. The maximum absolute atomic E-state index is 13.2. The molecule has 3 N–H and O–H groups in total. The lowest BCUT2D eigenvalue weighted by Gasteiger charge is -2.18. The van der Waals surface area contributed by atoms with E-state index >= 15 is 0 Å². The van der Waals surface area contributed by atoms with Crippen molar-refractivity contribution in [2.45, 2.75) is 26.3 Å². The molecular weight excluding hydrogens is 482 g/mol. The highest BCUT2D eigenvalue weighted by atomic mass is 16.2. The third-order valence-corrected chi connectivity index (χ3v) is 6.29. The second kappa shape index (κ2) is 11.4. The van der Waals surface area contributed by atoms with E-state index in [1.54, 1.807) is 86.2 Å². The van der Waals surface area contributed by atoms with Crippen LogP contribution in [0, 0.1) is 6.92 Å². The van der Waals surface area contributed by atoms with Crippen molar-refractivity contribution in [3.8, 4) is 5.69 Å². The highest BCUT2D eigenvalue weighted by Crippen LogP contribution is 2.18. The molecule has 0 radical (unpaired) electrons. The number of para-hydroxylation sites is 2. The largest absolute Gasteiger partial charge is 0.340 e. The molecule has 3 amide bonds. The maximum Gasteiger partial charge on any atom is 0.295 e. The van der Waals surface area contributed by atoms with Crippen LogP contribution in [0.3, 0.4) is 0 Å². The van der Waals surface area contributed by atoms with Crippen molar-refractivity contribution in [1.29, 1.82) is 0 Å². The molecule has 0 bridgehead atoms. The molecule has 1 aromatic heterocycles. The van der Waals surface area contributed by atoms with E-state index in [2.05, 4.69) is 16.0 Å². The van der Waals surface area contributed by atoms with Crippen LogP contribution in [0.25, 0.3) is 5.69 Å². The summed E-state index contributed by atoms with van der Waals surface area (Å²) in [6.07, 6.45) is 0.287. The average molecular weight is 512 g/mol. The van der Waals surface area contributed by atoms with Crippen LogP contribution < -0.4 is 21.5 Å². The van der Waals surface area contributed by atoms with Gasteiger partial charge in [0, 0.05) is 12.6 Å².